The molecule has 0 unspecified atom stereocenters. The molecule has 0 aliphatic heterocycles. The number of nitriles is 1. The fraction of sp³-hybridized carbons (Fsp3) is 0.0625. The van der Waals surface area contributed by atoms with Crippen LogP contribution in [-0.4, -0.2) is 7.85 Å². The fourth-order valence-electron chi connectivity index (χ4n) is 1.76. The zero-order valence-corrected chi connectivity index (χ0v) is 11.1. The van der Waals surface area contributed by atoms with E-state index in [1.807, 2.05) is 45.1 Å². The minimum Gasteiger partial charge on any atom is -0.457 e. The van der Waals surface area contributed by atoms with Gasteiger partial charge in [-0.15, -0.1) is 0 Å². The molecule has 92 valence electrons. The lowest BCUT2D eigenvalue weighted by molar-refractivity contribution is 0.481. The van der Waals surface area contributed by atoms with E-state index in [4.69, 9.17) is 10.00 Å². The molecule has 2 nitrogen and oxygen atoms in total. The molecule has 0 saturated carbocycles. The van der Waals surface area contributed by atoms with E-state index in [1.165, 1.54) is 5.46 Å². The van der Waals surface area contributed by atoms with Crippen molar-refractivity contribution in [3.63, 3.8) is 0 Å². The number of ether oxygens (including phenoxy) is 1. The lowest BCUT2D eigenvalue weighted by Crippen LogP contribution is -1.99. The Morgan fingerprint density at radius 3 is 2.47 bits per heavy atom. The Morgan fingerprint density at radius 2 is 1.89 bits per heavy atom. The predicted molar refractivity (Wildman–Crippen MR) is 80.6 cm³/mol. The van der Waals surface area contributed by atoms with Crippen LogP contribution in [0.25, 0.3) is 5.57 Å². The largest absolute Gasteiger partial charge is 0.457 e. The normalized spacial score (nSPS) is 9.68. The first-order valence-electron chi connectivity index (χ1n) is 6.04. The summed E-state index contributed by atoms with van der Waals surface area (Å²) < 4.78 is 5.86. The minimum absolute atomic E-state index is 0.606. The first-order chi connectivity index (χ1) is 9.10. The molecule has 2 aromatic rings. The third-order valence-electron chi connectivity index (χ3n) is 2.82. The van der Waals surface area contributed by atoms with E-state index in [2.05, 4.69) is 12.6 Å². The monoisotopic (exact) mass is 247 g/mol. The number of nitrogens with zero attached hydrogens (tertiary/aromatic N) is 1. The number of benzene rings is 2. The van der Waals surface area contributed by atoms with Crippen molar-refractivity contribution in [2.45, 2.75) is 6.92 Å². The Hall–Kier alpha value is -2.47. The number of hydrogen-bond acceptors (Lipinski definition) is 2. The minimum atomic E-state index is 0.606. The van der Waals surface area contributed by atoms with Crippen LogP contribution in [0, 0.1) is 11.3 Å². The first-order valence-corrected chi connectivity index (χ1v) is 6.04. The standard InChI is InChI=1S/C16H14BNO/c1-11(2)15-9-12(10-18)3-8-16(15)19-14-6-4-13(17)5-7-14/h3-9H,1,17H2,2H3. The summed E-state index contributed by atoms with van der Waals surface area (Å²) in [6.07, 6.45) is 0. The molecule has 0 amide bonds. The van der Waals surface area contributed by atoms with Gasteiger partial charge >= 0.3 is 0 Å². The topological polar surface area (TPSA) is 33.0 Å². The summed E-state index contributed by atoms with van der Waals surface area (Å²) in [6.45, 7) is 5.83. The van der Waals surface area contributed by atoms with E-state index in [-0.39, 0.29) is 0 Å². The summed E-state index contributed by atoms with van der Waals surface area (Å²) in [4.78, 5) is 0. The average Bonchev–Trinajstić information content (AvgIpc) is 2.41. The molecule has 0 heterocycles. The fourth-order valence-corrected chi connectivity index (χ4v) is 1.76. The molecular formula is C16H14BNO. The SMILES string of the molecule is Bc1ccc(Oc2ccc(C#N)cc2C(=C)C)cc1. The van der Waals surface area contributed by atoms with Gasteiger partial charge in [0.05, 0.1) is 11.6 Å². The van der Waals surface area contributed by atoms with E-state index >= 15 is 0 Å². The van der Waals surface area contributed by atoms with Gasteiger partial charge < -0.3 is 4.74 Å². The van der Waals surface area contributed by atoms with Crippen LogP contribution < -0.4 is 10.2 Å². The van der Waals surface area contributed by atoms with E-state index < -0.39 is 0 Å². The van der Waals surface area contributed by atoms with Crippen molar-refractivity contribution in [3.8, 4) is 17.6 Å². The summed E-state index contributed by atoms with van der Waals surface area (Å²) in [6, 6.07) is 15.3. The molecule has 0 aliphatic carbocycles. The van der Waals surface area contributed by atoms with Gasteiger partial charge in [-0.1, -0.05) is 24.2 Å². The van der Waals surface area contributed by atoms with E-state index in [0.717, 1.165) is 22.6 Å². The van der Waals surface area contributed by atoms with Crippen LogP contribution >= 0.6 is 0 Å². The molecule has 0 bridgehead atoms. The lowest BCUT2D eigenvalue weighted by Gasteiger charge is -2.11. The van der Waals surface area contributed by atoms with E-state index in [1.54, 1.807) is 12.1 Å². The Labute approximate surface area is 114 Å². The van der Waals surface area contributed by atoms with Crippen molar-refractivity contribution in [1.29, 1.82) is 5.26 Å². The van der Waals surface area contributed by atoms with Crippen LogP contribution in [0.1, 0.15) is 18.1 Å². The highest BCUT2D eigenvalue weighted by molar-refractivity contribution is 6.32. The third kappa shape index (κ3) is 3.05. The molecule has 0 saturated heterocycles. The summed E-state index contributed by atoms with van der Waals surface area (Å²) in [5.41, 5.74) is 3.53. The lowest BCUT2D eigenvalue weighted by atomic mass is 9.97. The predicted octanol–water partition coefficient (Wildman–Crippen LogP) is 2.64. The molecule has 19 heavy (non-hydrogen) atoms. The van der Waals surface area contributed by atoms with Crippen LogP contribution in [-0.2, 0) is 0 Å². The average molecular weight is 247 g/mol. The quantitative estimate of drug-likeness (QED) is 0.781. The second kappa shape index (κ2) is 5.45. The Morgan fingerprint density at radius 1 is 1.21 bits per heavy atom. The summed E-state index contributed by atoms with van der Waals surface area (Å²) in [5, 5.41) is 8.93. The van der Waals surface area contributed by atoms with E-state index in [0.29, 0.717) is 5.56 Å². The van der Waals surface area contributed by atoms with Gasteiger partial charge in [0.25, 0.3) is 0 Å². The van der Waals surface area contributed by atoms with Gasteiger partial charge in [0.15, 0.2) is 0 Å². The van der Waals surface area contributed by atoms with Gasteiger partial charge in [-0.2, -0.15) is 5.26 Å². The molecule has 3 heteroatoms. The molecule has 0 N–H and O–H groups in total. The van der Waals surface area contributed by atoms with Crippen molar-refractivity contribution in [2.75, 3.05) is 0 Å². The van der Waals surface area contributed by atoms with Crippen molar-refractivity contribution >= 4 is 18.9 Å². The Kier molecular flexibility index (Phi) is 3.72. The number of hydrogen-bond donors (Lipinski definition) is 0. The molecule has 0 spiro atoms. The maximum atomic E-state index is 8.93. The van der Waals surface area contributed by atoms with Crippen LogP contribution in [0.4, 0.5) is 0 Å². The molecule has 0 radical (unpaired) electrons. The van der Waals surface area contributed by atoms with E-state index in [9.17, 15) is 0 Å². The van der Waals surface area contributed by atoms with Gasteiger partial charge in [-0.25, -0.2) is 0 Å². The van der Waals surface area contributed by atoms with Crippen molar-refractivity contribution in [3.05, 3.63) is 60.2 Å². The zero-order chi connectivity index (χ0) is 13.8. The molecule has 0 atom stereocenters. The molecule has 2 aromatic carbocycles. The third-order valence-corrected chi connectivity index (χ3v) is 2.82. The van der Waals surface area contributed by atoms with Gasteiger partial charge in [0.1, 0.15) is 19.3 Å². The molecule has 0 aliphatic rings. The van der Waals surface area contributed by atoms with Crippen LogP contribution in [0.3, 0.4) is 0 Å². The van der Waals surface area contributed by atoms with Gasteiger partial charge in [0, 0.05) is 5.56 Å². The summed E-state index contributed by atoms with van der Waals surface area (Å²) >= 11 is 0. The molecule has 2 rings (SSSR count). The maximum Gasteiger partial charge on any atom is 0.139 e. The highest BCUT2D eigenvalue weighted by Crippen LogP contribution is 2.30. The van der Waals surface area contributed by atoms with Crippen LogP contribution in [0.5, 0.6) is 11.5 Å². The molecular weight excluding hydrogens is 233 g/mol. The summed E-state index contributed by atoms with van der Waals surface area (Å²) in [7, 11) is 2.03. The van der Waals surface area contributed by atoms with Gasteiger partial charge in [-0.3, -0.25) is 0 Å². The van der Waals surface area contributed by atoms with Crippen molar-refractivity contribution in [1.82, 2.24) is 0 Å². The van der Waals surface area contributed by atoms with Crippen LogP contribution in [0.2, 0.25) is 0 Å². The second-order valence-electron chi connectivity index (χ2n) is 4.52. The van der Waals surface area contributed by atoms with Crippen molar-refractivity contribution in [2.24, 2.45) is 0 Å². The van der Waals surface area contributed by atoms with Crippen molar-refractivity contribution < 1.29 is 4.74 Å². The zero-order valence-electron chi connectivity index (χ0n) is 11.1. The molecule has 0 fully saturated rings. The second-order valence-corrected chi connectivity index (χ2v) is 4.52. The smallest absolute Gasteiger partial charge is 0.139 e. The van der Waals surface area contributed by atoms with Gasteiger partial charge in [-0.05, 0) is 42.8 Å². The number of rotatable bonds is 3. The Bertz CT molecular complexity index is 653. The van der Waals surface area contributed by atoms with Gasteiger partial charge in [0.2, 0.25) is 0 Å². The first kappa shape index (κ1) is 13.0. The highest BCUT2D eigenvalue weighted by Gasteiger charge is 2.07. The number of allylic oxidation sites excluding steroid dienone is 1. The maximum absolute atomic E-state index is 8.93. The Balaban J connectivity index is 2.37. The van der Waals surface area contributed by atoms with Crippen LogP contribution in [0.15, 0.2) is 49.0 Å². The highest BCUT2D eigenvalue weighted by atomic mass is 16.5. The summed E-state index contributed by atoms with van der Waals surface area (Å²) in [5.74, 6) is 1.49. The molecule has 0 aromatic heterocycles.